The predicted octanol–water partition coefficient (Wildman–Crippen LogP) is 4.92. The van der Waals surface area contributed by atoms with Crippen LogP contribution in [-0.2, 0) is 16.8 Å². The summed E-state index contributed by atoms with van der Waals surface area (Å²) in [5.41, 5.74) is 3.02. The third-order valence-corrected chi connectivity index (χ3v) is 5.29. The first-order valence-electron chi connectivity index (χ1n) is 9.28. The molecule has 0 atom stereocenters. The minimum Gasteiger partial charge on any atom is -0.411 e. The fourth-order valence-electron chi connectivity index (χ4n) is 2.68. The minimum absolute atomic E-state index is 0.0754. The topological polar surface area (TPSA) is 59.2 Å². The lowest BCUT2D eigenvalue weighted by molar-refractivity contribution is -0.127. The van der Waals surface area contributed by atoms with Crippen molar-refractivity contribution in [2.24, 2.45) is 0 Å². The van der Waals surface area contributed by atoms with Gasteiger partial charge in [-0.05, 0) is 40.8 Å². The number of thioether (sulfide) groups is 1. The zero-order chi connectivity index (χ0) is 21.0. The highest BCUT2D eigenvalue weighted by molar-refractivity contribution is 7.99. The molecule has 3 rings (SSSR count). The lowest BCUT2D eigenvalue weighted by atomic mass is 9.87. The SMILES string of the molecule is CN(Cc1ccc(F)cc1)C(=O)CSc1nnc(-c2ccc(C(C)(C)C)cc2)o1. The molecule has 7 heteroatoms. The van der Waals surface area contributed by atoms with Crippen LogP contribution in [0.3, 0.4) is 0 Å². The number of benzene rings is 2. The fourth-order valence-corrected chi connectivity index (χ4v) is 3.39. The van der Waals surface area contributed by atoms with Crippen molar-refractivity contribution in [1.82, 2.24) is 15.1 Å². The van der Waals surface area contributed by atoms with Crippen LogP contribution in [0.1, 0.15) is 31.9 Å². The number of amides is 1. The first kappa shape index (κ1) is 21.0. The van der Waals surface area contributed by atoms with E-state index < -0.39 is 0 Å². The van der Waals surface area contributed by atoms with E-state index in [4.69, 9.17) is 4.42 Å². The molecule has 0 saturated heterocycles. The normalized spacial score (nSPS) is 11.5. The molecule has 0 aliphatic rings. The third-order valence-electron chi connectivity index (χ3n) is 4.48. The lowest BCUT2D eigenvalue weighted by Gasteiger charge is -2.18. The Morgan fingerprint density at radius 2 is 1.72 bits per heavy atom. The van der Waals surface area contributed by atoms with Crippen molar-refractivity contribution in [2.45, 2.75) is 38.0 Å². The number of nitrogens with zero attached hydrogens (tertiary/aromatic N) is 3. The maximum atomic E-state index is 13.0. The molecule has 3 aromatic rings. The average Bonchev–Trinajstić information content (AvgIpc) is 3.16. The second-order valence-electron chi connectivity index (χ2n) is 7.87. The molecular formula is C22H24FN3O2S. The van der Waals surface area contributed by atoms with Gasteiger partial charge < -0.3 is 9.32 Å². The van der Waals surface area contributed by atoms with Gasteiger partial charge in [-0.1, -0.05) is 56.8 Å². The molecule has 0 spiro atoms. The molecule has 0 fully saturated rings. The third kappa shape index (κ3) is 5.67. The number of rotatable bonds is 6. The highest BCUT2D eigenvalue weighted by Gasteiger charge is 2.16. The van der Waals surface area contributed by atoms with Crippen LogP contribution >= 0.6 is 11.8 Å². The number of aromatic nitrogens is 2. The Morgan fingerprint density at radius 1 is 1.07 bits per heavy atom. The summed E-state index contributed by atoms with van der Waals surface area (Å²) in [6, 6.07) is 14.1. The van der Waals surface area contributed by atoms with Gasteiger partial charge in [-0.2, -0.15) is 0 Å². The number of carbonyl (C=O) groups excluding carboxylic acids is 1. The molecule has 0 bridgehead atoms. The zero-order valence-electron chi connectivity index (χ0n) is 17.0. The summed E-state index contributed by atoms with van der Waals surface area (Å²) >= 11 is 1.20. The Hall–Kier alpha value is -2.67. The van der Waals surface area contributed by atoms with E-state index in [0.717, 1.165) is 11.1 Å². The number of hydrogen-bond acceptors (Lipinski definition) is 5. The highest BCUT2D eigenvalue weighted by Crippen LogP contribution is 2.27. The number of halogens is 1. The molecule has 0 radical (unpaired) electrons. The minimum atomic E-state index is -0.293. The van der Waals surface area contributed by atoms with Gasteiger partial charge in [-0.25, -0.2) is 4.39 Å². The monoisotopic (exact) mass is 413 g/mol. The van der Waals surface area contributed by atoms with Crippen molar-refractivity contribution in [3.8, 4) is 11.5 Å². The highest BCUT2D eigenvalue weighted by atomic mass is 32.2. The van der Waals surface area contributed by atoms with Gasteiger partial charge in [0.25, 0.3) is 5.22 Å². The summed E-state index contributed by atoms with van der Waals surface area (Å²) in [7, 11) is 1.71. The van der Waals surface area contributed by atoms with E-state index in [2.05, 4.69) is 43.1 Å². The van der Waals surface area contributed by atoms with E-state index in [1.807, 2.05) is 12.1 Å². The molecule has 0 aliphatic carbocycles. The number of hydrogen-bond donors (Lipinski definition) is 0. The predicted molar refractivity (Wildman–Crippen MR) is 112 cm³/mol. The molecular weight excluding hydrogens is 389 g/mol. The van der Waals surface area contributed by atoms with Gasteiger partial charge in [0.05, 0.1) is 5.75 Å². The summed E-state index contributed by atoms with van der Waals surface area (Å²) in [6.45, 7) is 6.89. The van der Waals surface area contributed by atoms with Crippen LogP contribution in [0.25, 0.3) is 11.5 Å². The van der Waals surface area contributed by atoms with Gasteiger partial charge in [0, 0.05) is 19.2 Å². The first-order valence-corrected chi connectivity index (χ1v) is 10.3. The molecule has 0 aliphatic heterocycles. The van der Waals surface area contributed by atoms with Crippen LogP contribution in [0.4, 0.5) is 4.39 Å². The summed E-state index contributed by atoms with van der Waals surface area (Å²) in [4.78, 5) is 13.9. The fraction of sp³-hybridized carbons (Fsp3) is 0.318. The van der Waals surface area contributed by atoms with Crippen molar-refractivity contribution >= 4 is 17.7 Å². The average molecular weight is 414 g/mol. The van der Waals surface area contributed by atoms with Crippen LogP contribution in [0.2, 0.25) is 0 Å². The molecule has 0 saturated carbocycles. The van der Waals surface area contributed by atoms with E-state index in [9.17, 15) is 9.18 Å². The van der Waals surface area contributed by atoms with Crippen molar-refractivity contribution in [3.05, 3.63) is 65.5 Å². The standard InChI is InChI=1S/C22H24FN3O2S/c1-22(2,3)17-9-7-16(8-10-17)20-24-25-21(28-20)29-14-19(27)26(4)13-15-5-11-18(23)12-6-15/h5-12H,13-14H2,1-4H3. The second-order valence-corrected chi connectivity index (χ2v) is 8.79. The number of carbonyl (C=O) groups is 1. The van der Waals surface area contributed by atoms with Crippen LogP contribution in [0.15, 0.2) is 58.2 Å². The van der Waals surface area contributed by atoms with E-state index in [-0.39, 0.29) is 22.9 Å². The van der Waals surface area contributed by atoms with E-state index in [1.54, 1.807) is 24.1 Å². The quantitative estimate of drug-likeness (QED) is 0.537. The Kier molecular flexibility index (Phi) is 6.37. The van der Waals surface area contributed by atoms with Crippen LogP contribution in [0, 0.1) is 5.82 Å². The zero-order valence-corrected chi connectivity index (χ0v) is 17.8. The van der Waals surface area contributed by atoms with E-state index >= 15 is 0 Å². The molecule has 1 aromatic heterocycles. The maximum Gasteiger partial charge on any atom is 0.277 e. The van der Waals surface area contributed by atoms with E-state index in [0.29, 0.717) is 17.7 Å². The maximum absolute atomic E-state index is 13.0. The van der Waals surface area contributed by atoms with E-state index in [1.165, 1.54) is 29.5 Å². The molecule has 1 amide bonds. The van der Waals surface area contributed by atoms with Crippen LogP contribution < -0.4 is 0 Å². The Bertz CT molecular complexity index is 963. The Labute approximate surface area is 174 Å². The smallest absolute Gasteiger partial charge is 0.277 e. The van der Waals surface area contributed by atoms with Gasteiger partial charge in [0.2, 0.25) is 11.8 Å². The van der Waals surface area contributed by atoms with Gasteiger partial charge in [-0.15, -0.1) is 10.2 Å². The molecule has 152 valence electrons. The molecule has 29 heavy (non-hydrogen) atoms. The lowest BCUT2D eigenvalue weighted by Crippen LogP contribution is -2.27. The van der Waals surface area contributed by atoms with Gasteiger partial charge in [0.1, 0.15) is 5.82 Å². The summed E-state index contributed by atoms with van der Waals surface area (Å²) in [6.07, 6.45) is 0. The van der Waals surface area contributed by atoms with Crippen molar-refractivity contribution < 1.29 is 13.6 Å². The Balaban J connectivity index is 1.55. The van der Waals surface area contributed by atoms with Crippen molar-refractivity contribution in [2.75, 3.05) is 12.8 Å². The molecule has 5 nitrogen and oxygen atoms in total. The van der Waals surface area contributed by atoms with Crippen LogP contribution in [0.5, 0.6) is 0 Å². The van der Waals surface area contributed by atoms with Gasteiger partial charge in [-0.3, -0.25) is 4.79 Å². The molecule has 0 unspecified atom stereocenters. The molecule has 0 N–H and O–H groups in total. The summed E-state index contributed by atoms with van der Waals surface area (Å²) in [5.74, 6) is 0.245. The van der Waals surface area contributed by atoms with Crippen molar-refractivity contribution in [1.29, 1.82) is 0 Å². The van der Waals surface area contributed by atoms with Crippen molar-refractivity contribution in [3.63, 3.8) is 0 Å². The van der Waals surface area contributed by atoms with Crippen LogP contribution in [-0.4, -0.2) is 33.8 Å². The Morgan fingerprint density at radius 3 is 2.34 bits per heavy atom. The largest absolute Gasteiger partial charge is 0.411 e. The molecule has 1 heterocycles. The van der Waals surface area contributed by atoms with Gasteiger partial charge in [0.15, 0.2) is 0 Å². The van der Waals surface area contributed by atoms with Gasteiger partial charge >= 0.3 is 0 Å². The summed E-state index contributed by atoms with van der Waals surface area (Å²) < 4.78 is 18.7. The second kappa shape index (κ2) is 8.78. The summed E-state index contributed by atoms with van der Waals surface area (Å²) in [5, 5.41) is 8.45. The first-order chi connectivity index (χ1) is 13.7. The molecule has 2 aromatic carbocycles.